The number of rotatable bonds is 5. The second kappa shape index (κ2) is 7.68. The summed E-state index contributed by atoms with van der Waals surface area (Å²) in [5.74, 6) is -2.67. The molecule has 2 aromatic heterocycles. The summed E-state index contributed by atoms with van der Waals surface area (Å²) in [6.07, 6.45) is 1.77. The highest BCUT2D eigenvalue weighted by Crippen LogP contribution is 2.39. The van der Waals surface area contributed by atoms with E-state index in [-0.39, 0.29) is 29.4 Å². The predicted octanol–water partition coefficient (Wildman–Crippen LogP) is 2.19. The van der Waals surface area contributed by atoms with Crippen LogP contribution in [0.25, 0.3) is 0 Å². The molecule has 0 saturated carbocycles. The van der Waals surface area contributed by atoms with Gasteiger partial charge in [0.1, 0.15) is 11.8 Å². The Hall–Kier alpha value is -3.42. The molecule has 2 aliphatic heterocycles. The maximum Gasteiger partial charge on any atom is 0.288 e. The number of fused-ring (bicyclic) bond motifs is 1. The van der Waals surface area contributed by atoms with Crippen LogP contribution in [0.15, 0.2) is 12.3 Å². The van der Waals surface area contributed by atoms with Gasteiger partial charge in [-0.15, -0.1) is 5.10 Å². The molecule has 0 aromatic carbocycles. The highest BCUT2D eigenvalue weighted by Gasteiger charge is 2.38. The zero-order valence-corrected chi connectivity index (χ0v) is 17.3. The van der Waals surface area contributed by atoms with Gasteiger partial charge in [0, 0.05) is 32.4 Å². The molecule has 4 rings (SSSR count). The average Bonchev–Trinajstić information content (AvgIpc) is 3.05. The van der Waals surface area contributed by atoms with Gasteiger partial charge in [-0.05, 0) is 13.0 Å². The fraction of sp³-hybridized carbons (Fsp3) is 0.500. The molecule has 11 heteroatoms. The minimum absolute atomic E-state index is 0.00900. The van der Waals surface area contributed by atoms with Gasteiger partial charge in [-0.3, -0.25) is 4.79 Å². The first-order chi connectivity index (χ1) is 14.7. The smallest absolute Gasteiger partial charge is 0.288 e. The molecule has 2 aliphatic rings. The minimum Gasteiger partial charge on any atom is -0.481 e. The van der Waals surface area contributed by atoms with Crippen LogP contribution in [0.4, 0.5) is 14.5 Å². The molecule has 4 heterocycles. The van der Waals surface area contributed by atoms with Gasteiger partial charge in [-0.2, -0.15) is 24.1 Å². The molecule has 1 saturated heterocycles. The number of anilines is 1. The van der Waals surface area contributed by atoms with Gasteiger partial charge >= 0.3 is 0 Å². The average molecular weight is 429 g/mol. The lowest BCUT2D eigenvalue weighted by atomic mass is 9.94. The number of methoxy groups -OCH3 is 1. The highest BCUT2D eigenvalue weighted by molar-refractivity contribution is 5.78. The first kappa shape index (κ1) is 20.8. The van der Waals surface area contributed by atoms with E-state index in [9.17, 15) is 13.6 Å². The van der Waals surface area contributed by atoms with Crippen LogP contribution in [0.3, 0.4) is 0 Å². The zero-order valence-electron chi connectivity index (χ0n) is 17.3. The van der Waals surface area contributed by atoms with Crippen LogP contribution < -0.4 is 9.64 Å². The molecule has 0 bridgehead atoms. The van der Waals surface area contributed by atoms with Crippen LogP contribution in [0.1, 0.15) is 49.1 Å². The molecule has 0 spiro atoms. The normalized spacial score (nSPS) is 18.4. The summed E-state index contributed by atoms with van der Waals surface area (Å²) in [5, 5.41) is 16.3. The Morgan fingerprint density at radius 1 is 1.39 bits per heavy atom. The topological polar surface area (TPSA) is 108 Å². The van der Waals surface area contributed by atoms with Crippen LogP contribution in [-0.4, -0.2) is 51.2 Å². The number of carbonyl (C=O) groups is 1. The van der Waals surface area contributed by atoms with E-state index in [0.29, 0.717) is 43.3 Å². The molecule has 1 amide bonds. The molecular weight excluding hydrogens is 408 g/mol. The van der Waals surface area contributed by atoms with Gasteiger partial charge in [0.2, 0.25) is 17.6 Å². The second-order valence-electron chi connectivity index (χ2n) is 7.89. The lowest BCUT2D eigenvalue weighted by Crippen LogP contribution is -2.49. The van der Waals surface area contributed by atoms with E-state index in [0.717, 1.165) is 12.5 Å². The van der Waals surface area contributed by atoms with Crippen molar-refractivity contribution in [1.82, 2.24) is 25.1 Å². The molecule has 162 valence electrons. The van der Waals surface area contributed by atoms with Crippen LogP contribution in [0.5, 0.6) is 5.88 Å². The summed E-state index contributed by atoms with van der Waals surface area (Å²) in [6, 6.07) is 2.98. The lowest BCUT2D eigenvalue weighted by Gasteiger charge is -2.41. The second-order valence-corrected chi connectivity index (χ2v) is 7.89. The maximum absolute atomic E-state index is 13.5. The lowest BCUT2D eigenvalue weighted by molar-refractivity contribution is -0.134. The van der Waals surface area contributed by atoms with Crippen molar-refractivity contribution < 1.29 is 18.3 Å². The quantitative estimate of drug-likeness (QED) is 0.712. The molecule has 1 fully saturated rings. The first-order valence-electron chi connectivity index (χ1n) is 9.81. The zero-order chi connectivity index (χ0) is 22.3. The maximum atomic E-state index is 13.5. The molecule has 31 heavy (non-hydrogen) atoms. The van der Waals surface area contributed by atoms with Crippen LogP contribution in [0, 0.1) is 17.2 Å². The van der Waals surface area contributed by atoms with Gasteiger partial charge in [-0.1, -0.05) is 0 Å². The fourth-order valence-electron chi connectivity index (χ4n) is 4.02. The summed E-state index contributed by atoms with van der Waals surface area (Å²) in [6.45, 7) is 4.10. The number of nitrogens with zero attached hydrogens (tertiary/aromatic N) is 7. The molecule has 0 aliphatic carbocycles. The van der Waals surface area contributed by atoms with E-state index in [1.807, 2.05) is 17.9 Å². The Balaban J connectivity index is 1.39. The Morgan fingerprint density at radius 3 is 2.77 bits per heavy atom. The van der Waals surface area contributed by atoms with E-state index >= 15 is 0 Å². The van der Waals surface area contributed by atoms with Gasteiger partial charge in [0.15, 0.2) is 0 Å². The number of carbonyl (C=O) groups excluding carboxylic acids is 1. The summed E-state index contributed by atoms with van der Waals surface area (Å²) < 4.78 is 32.3. The number of nitriles is 1. The van der Waals surface area contributed by atoms with Crippen molar-refractivity contribution in [3.8, 4) is 11.9 Å². The monoisotopic (exact) mass is 429 g/mol. The number of hydrogen-bond donors (Lipinski definition) is 0. The van der Waals surface area contributed by atoms with E-state index in [2.05, 4.69) is 20.2 Å². The van der Waals surface area contributed by atoms with Crippen molar-refractivity contribution in [3.63, 3.8) is 0 Å². The third-order valence-electron chi connectivity index (χ3n) is 5.68. The molecule has 2 aromatic rings. The first-order valence-corrected chi connectivity index (χ1v) is 9.81. The predicted molar refractivity (Wildman–Crippen MR) is 104 cm³/mol. The van der Waals surface area contributed by atoms with Gasteiger partial charge < -0.3 is 14.5 Å². The number of aromatic nitrogens is 4. The number of alkyl halides is 2. The Bertz CT molecular complexity index is 1060. The Morgan fingerprint density at radius 2 is 2.13 bits per heavy atom. The van der Waals surface area contributed by atoms with Gasteiger partial charge in [0.25, 0.3) is 5.92 Å². The van der Waals surface area contributed by atoms with Crippen LogP contribution >= 0.6 is 0 Å². The SMILES string of the molecule is COc1nc(C#N)nc2c1C(C)N(C(=O)CC1CN(c3cnnc(C(C)(F)F)c3)C1)C2. The number of amides is 1. The van der Waals surface area contributed by atoms with Crippen molar-refractivity contribution in [3.05, 3.63) is 35.0 Å². The van der Waals surface area contributed by atoms with Crippen molar-refractivity contribution in [1.29, 1.82) is 5.26 Å². The highest BCUT2D eigenvalue weighted by atomic mass is 19.3. The van der Waals surface area contributed by atoms with E-state index in [1.54, 1.807) is 4.90 Å². The van der Waals surface area contributed by atoms with E-state index in [4.69, 9.17) is 10.00 Å². The molecule has 9 nitrogen and oxygen atoms in total. The molecule has 1 unspecified atom stereocenters. The summed E-state index contributed by atoms with van der Waals surface area (Å²) >= 11 is 0. The Labute approximate surface area is 177 Å². The molecule has 0 radical (unpaired) electrons. The molecule has 1 atom stereocenters. The number of halogens is 2. The number of ether oxygens (including phenoxy) is 1. The fourth-order valence-corrected chi connectivity index (χ4v) is 4.02. The molecular formula is C20H21F2N7O2. The van der Waals surface area contributed by atoms with Crippen LogP contribution in [-0.2, 0) is 17.3 Å². The third-order valence-corrected chi connectivity index (χ3v) is 5.68. The van der Waals surface area contributed by atoms with E-state index < -0.39 is 5.92 Å². The third kappa shape index (κ3) is 3.85. The van der Waals surface area contributed by atoms with Crippen molar-refractivity contribution in [2.75, 3.05) is 25.1 Å². The largest absolute Gasteiger partial charge is 0.481 e. The number of hydrogen-bond acceptors (Lipinski definition) is 8. The van der Waals surface area contributed by atoms with Crippen LogP contribution in [0.2, 0.25) is 0 Å². The summed E-state index contributed by atoms with van der Waals surface area (Å²) in [4.78, 5) is 24.9. The van der Waals surface area contributed by atoms with E-state index in [1.165, 1.54) is 19.4 Å². The van der Waals surface area contributed by atoms with Crippen molar-refractivity contribution in [2.24, 2.45) is 5.92 Å². The molecule has 0 N–H and O–H groups in total. The summed E-state index contributed by atoms with van der Waals surface area (Å²) in [7, 11) is 1.47. The summed E-state index contributed by atoms with van der Waals surface area (Å²) in [5.41, 5.74) is 1.54. The Kier molecular flexibility index (Phi) is 5.16. The standard InChI is InChI=1S/C20H21F2N7O2/c1-11-18-14(25-16(6-23)26-19(18)31-3)10-29(11)17(30)4-12-8-28(9-12)13-5-15(20(2,21)22)27-24-7-13/h5,7,11-12H,4,8-10H2,1-3H3. The van der Waals surface area contributed by atoms with Gasteiger partial charge in [-0.25, -0.2) is 4.98 Å². The van der Waals surface area contributed by atoms with Crippen molar-refractivity contribution in [2.45, 2.75) is 38.8 Å². The minimum atomic E-state index is -3.06. The van der Waals surface area contributed by atoms with Crippen molar-refractivity contribution >= 4 is 11.6 Å². The van der Waals surface area contributed by atoms with Gasteiger partial charge in [0.05, 0.1) is 42.8 Å².